The lowest BCUT2D eigenvalue weighted by molar-refractivity contribution is -0.139. The smallest absolute Gasteiger partial charge is 0.322 e. The Morgan fingerprint density at radius 3 is 2.40 bits per heavy atom. The van der Waals surface area contributed by atoms with E-state index < -0.39 is 42.4 Å². The van der Waals surface area contributed by atoms with Crippen molar-refractivity contribution in [3.63, 3.8) is 0 Å². The zero-order chi connectivity index (χ0) is 19.4. The Morgan fingerprint density at radius 2 is 1.88 bits per heavy atom. The summed E-state index contributed by atoms with van der Waals surface area (Å²) in [5.41, 5.74) is 5.31. The highest BCUT2D eigenvalue weighted by atomic mass is 32.2. The van der Waals surface area contributed by atoms with Gasteiger partial charge in [0.15, 0.2) is 0 Å². The van der Waals surface area contributed by atoms with Gasteiger partial charge in [0.05, 0.1) is 12.0 Å². The quantitative estimate of drug-likeness (QED) is 0.279. The van der Waals surface area contributed by atoms with Gasteiger partial charge in [0, 0.05) is 17.9 Å². The molecule has 6 N–H and O–H groups in total. The van der Waals surface area contributed by atoms with Crippen LogP contribution in [0.25, 0.3) is 0 Å². The van der Waals surface area contributed by atoms with E-state index in [2.05, 4.69) is 10.6 Å². The Balaban J connectivity index is 4.61. The molecule has 0 rings (SSSR count). The Labute approximate surface area is 149 Å². The summed E-state index contributed by atoms with van der Waals surface area (Å²) in [6, 6.07) is -0.145. The summed E-state index contributed by atoms with van der Waals surface area (Å²) in [6.45, 7) is 1.12. The first-order chi connectivity index (χ1) is 11.7. The summed E-state index contributed by atoms with van der Waals surface area (Å²) in [6.07, 6.45) is -0.279. The number of nitriles is 1. The van der Waals surface area contributed by atoms with E-state index in [0.717, 1.165) is 0 Å². The molecule has 0 radical (unpaired) electrons. The molecule has 2 amide bonds. The van der Waals surface area contributed by atoms with E-state index in [9.17, 15) is 19.2 Å². The Morgan fingerprint density at radius 1 is 1.24 bits per heavy atom. The normalized spacial score (nSPS) is 13.8. The van der Waals surface area contributed by atoms with Gasteiger partial charge in [-0.15, -0.1) is 0 Å². The molecule has 11 heteroatoms. The minimum absolute atomic E-state index is 0.0940. The maximum absolute atomic E-state index is 12.0. The molecule has 10 nitrogen and oxygen atoms in total. The van der Waals surface area contributed by atoms with Gasteiger partial charge in [-0.1, -0.05) is 0 Å². The van der Waals surface area contributed by atoms with Crippen LogP contribution < -0.4 is 16.4 Å². The van der Waals surface area contributed by atoms with Gasteiger partial charge in [-0.3, -0.25) is 19.2 Å². The number of carbonyl (C=O) groups is 4. The Kier molecular flexibility index (Phi) is 11.0. The zero-order valence-electron chi connectivity index (χ0n) is 13.7. The lowest BCUT2D eigenvalue weighted by Crippen LogP contribution is -2.49. The first-order valence-corrected chi connectivity index (χ1v) is 8.57. The molecule has 0 saturated heterocycles. The molecule has 0 aromatic carbocycles. The third-order valence-electron chi connectivity index (χ3n) is 2.94. The number of rotatable bonds is 12. The minimum atomic E-state index is -1.23. The number of carboxylic acids is 2. The molecular formula is C14H22N4O6S. The van der Waals surface area contributed by atoms with Gasteiger partial charge in [0.25, 0.3) is 0 Å². The first kappa shape index (κ1) is 22.7. The molecule has 0 aliphatic rings. The molecule has 0 aromatic rings. The van der Waals surface area contributed by atoms with Crippen LogP contribution >= 0.6 is 11.8 Å². The van der Waals surface area contributed by atoms with Gasteiger partial charge in [0.2, 0.25) is 11.8 Å². The van der Waals surface area contributed by atoms with Crippen LogP contribution in [-0.2, 0) is 19.2 Å². The predicted molar refractivity (Wildman–Crippen MR) is 89.5 cm³/mol. The second-order valence-electron chi connectivity index (χ2n) is 5.28. The molecule has 0 heterocycles. The van der Waals surface area contributed by atoms with Crippen LogP contribution in [0.15, 0.2) is 0 Å². The monoisotopic (exact) mass is 374 g/mol. The molecule has 0 bridgehead atoms. The standard InChI is InChI=1S/C14H22N4O6S/c1-8(4-15)6-25-7-10(13(22)17-5-12(20)21)18-11(19)3-2-9(16)14(23)24/h8-10H,2-3,5-7,16H2,1H3,(H,17,22)(H,18,19)(H,20,21)(H,23,24)/t8?,9-,10-/m0/s1. The van der Waals surface area contributed by atoms with Crippen LogP contribution in [0, 0.1) is 17.2 Å². The number of thioether (sulfide) groups is 1. The van der Waals surface area contributed by atoms with Gasteiger partial charge in [-0.2, -0.15) is 17.0 Å². The molecule has 0 saturated carbocycles. The van der Waals surface area contributed by atoms with Gasteiger partial charge in [-0.05, 0) is 13.3 Å². The van der Waals surface area contributed by atoms with Crippen molar-refractivity contribution in [2.75, 3.05) is 18.1 Å². The molecule has 1 unspecified atom stereocenters. The molecule has 25 heavy (non-hydrogen) atoms. The van der Waals surface area contributed by atoms with E-state index in [1.165, 1.54) is 11.8 Å². The maximum Gasteiger partial charge on any atom is 0.322 e. The summed E-state index contributed by atoms with van der Waals surface area (Å²) >= 11 is 1.26. The number of nitrogens with one attached hydrogen (secondary N) is 2. The maximum atomic E-state index is 12.0. The van der Waals surface area contributed by atoms with Gasteiger partial charge in [-0.25, -0.2) is 0 Å². The highest BCUT2D eigenvalue weighted by molar-refractivity contribution is 7.99. The fraction of sp³-hybridized carbons (Fsp3) is 0.643. The average molecular weight is 374 g/mol. The number of hydrogen-bond acceptors (Lipinski definition) is 7. The van der Waals surface area contributed by atoms with Crippen molar-refractivity contribution < 1.29 is 29.4 Å². The topological polar surface area (TPSA) is 183 Å². The summed E-state index contributed by atoms with van der Waals surface area (Å²) in [4.78, 5) is 45.0. The summed E-state index contributed by atoms with van der Waals surface area (Å²) in [5.74, 6) is -3.35. The van der Waals surface area contributed by atoms with Crippen LogP contribution in [0.1, 0.15) is 19.8 Å². The largest absolute Gasteiger partial charge is 0.480 e. The molecule has 0 spiro atoms. The lowest BCUT2D eigenvalue weighted by atomic mass is 10.1. The molecular weight excluding hydrogens is 352 g/mol. The SMILES string of the molecule is CC(C#N)CSC[C@H](NC(=O)CC[C@H](N)C(=O)O)C(=O)NCC(=O)O. The fourth-order valence-corrected chi connectivity index (χ4v) is 2.58. The van der Waals surface area contributed by atoms with Crippen LogP contribution in [0.2, 0.25) is 0 Å². The third kappa shape index (κ3) is 11.0. The van der Waals surface area contributed by atoms with Gasteiger partial charge < -0.3 is 26.6 Å². The number of aliphatic carboxylic acids is 2. The minimum Gasteiger partial charge on any atom is -0.480 e. The van der Waals surface area contributed by atoms with E-state index in [1.807, 2.05) is 6.07 Å². The molecule has 0 aliphatic carbocycles. The van der Waals surface area contributed by atoms with Crippen molar-refractivity contribution >= 4 is 35.5 Å². The summed E-state index contributed by atoms with van der Waals surface area (Å²) in [7, 11) is 0. The van der Waals surface area contributed by atoms with Crippen LogP contribution in [-0.4, -0.2) is 64.1 Å². The highest BCUT2D eigenvalue weighted by Gasteiger charge is 2.22. The summed E-state index contributed by atoms with van der Waals surface area (Å²) < 4.78 is 0. The lowest BCUT2D eigenvalue weighted by Gasteiger charge is -2.18. The van der Waals surface area contributed by atoms with Crippen LogP contribution in [0.5, 0.6) is 0 Å². The average Bonchev–Trinajstić information content (AvgIpc) is 2.55. The number of nitrogens with two attached hydrogens (primary N) is 1. The second kappa shape index (κ2) is 12.1. The Hall–Kier alpha value is -2.32. The zero-order valence-corrected chi connectivity index (χ0v) is 14.5. The van der Waals surface area contributed by atoms with Crippen molar-refractivity contribution in [3.8, 4) is 6.07 Å². The van der Waals surface area contributed by atoms with E-state index in [1.54, 1.807) is 6.92 Å². The van der Waals surface area contributed by atoms with Crippen LogP contribution in [0.3, 0.4) is 0 Å². The van der Waals surface area contributed by atoms with Crippen molar-refractivity contribution in [1.82, 2.24) is 10.6 Å². The van der Waals surface area contributed by atoms with Gasteiger partial charge in [0.1, 0.15) is 18.6 Å². The fourth-order valence-electron chi connectivity index (χ4n) is 1.55. The molecule has 3 atom stereocenters. The molecule has 140 valence electrons. The van der Waals surface area contributed by atoms with E-state index in [0.29, 0.717) is 5.75 Å². The van der Waals surface area contributed by atoms with Gasteiger partial charge >= 0.3 is 11.9 Å². The predicted octanol–water partition coefficient (Wildman–Crippen LogP) is -1.24. The second-order valence-corrected chi connectivity index (χ2v) is 6.36. The van der Waals surface area contributed by atoms with Crippen molar-refractivity contribution in [1.29, 1.82) is 5.26 Å². The molecule has 0 aliphatic heterocycles. The van der Waals surface area contributed by atoms with Crippen molar-refractivity contribution in [3.05, 3.63) is 0 Å². The van der Waals surface area contributed by atoms with Crippen LogP contribution in [0.4, 0.5) is 0 Å². The van der Waals surface area contributed by atoms with E-state index in [-0.39, 0.29) is 24.5 Å². The molecule has 0 aromatic heterocycles. The van der Waals surface area contributed by atoms with E-state index >= 15 is 0 Å². The third-order valence-corrected chi connectivity index (χ3v) is 4.24. The van der Waals surface area contributed by atoms with Crippen molar-refractivity contribution in [2.24, 2.45) is 11.7 Å². The number of hydrogen-bond donors (Lipinski definition) is 5. The molecule has 0 fully saturated rings. The first-order valence-electron chi connectivity index (χ1n) is 7.42. The number of amides is 2. The number of carboxylic acid groups (broad SMARTS) is 2. The highest BCUT2D eigenvalue weighted by Crippen LogP contribution is 2.09. The van der Waals surface area contributed by atoms with Crippen molar-refractivity contribution in [2.45, 2.75) is 31.8 Å². The number of carbonyl (C=O) groups excluding carboxylic acids is 2. The summed E-state index contributed by atoms with van der Waals surface area (Å²) in [5, 5.41) is 30.6. The Bertz CT molecular complexity index is 536. The number of nitrogens with zero attached hydrogens (tertiary/aromatic N) is 1. The van der Waals surface area contributed by atoms with E-state index in [4.69, 9.17) is 21.2 Å².